The maximum atomic E-state index is 12.0. The third-order valence-corrected chi connectivity index (χ3v) is 4.62. The lowest BCUT2D eigenvalue weighted by Gasteiger charge is -2.14. The van der Waals surface area contributed by atoms with Crippen LogP contribution < -0.4 is 5.32 Å². The number of carbonyl (C=O) groups excluding carboxylic acids is 1. The highest BCUT2D eigenvalue weighted by Crippen LogP contribution is 2.44. The molecule has 1 amide bonds. The van der Waals surface area contributed by atoms with E-state index in [1.807, 2.05) is 24.3 Å². The van der Waals surface area contributed by atoms with Gasteiger partial charge in [0.15, 0.2) is 0 Å². The number of carbonyl (C=O) groups is 1. The van der Waals surface area contributed by atoms with E-state index >= 15 is 0 Å². The van der Waals surface area contributed by atoms with Crippen LogP contribution in [0.1, 0.15) is 29.0 Å². The molecule has 0 unspecified atom stereocenters. The molecule has 0 spiro atoms. The predicted molar refractivity (Wildman–Crippen MR) is 103 cm³/mol. The van der Waals surface area contributed by atoms with Gasteiger partial charge in [0.05, 0.1) is 11.8 Å². The molecule has 4 rings (SSSR count). The molecule has 0 aliphatic heterocycles. The zero-order valence-corrected chi connectivity index (χ0v) is 14.8. The molecule has 0 bridgehead atoms. The summed E-state index contributed by atoms with van der Waals surface area (Å²) in [5, 5.41) is 2.75. The van der Waals surface area contributed by atoms with E-state index in [1.165, 1.54) is 22.3 Å². The number of rotatable bonds is 4. The molecule has 1 aliphatic carbocycles. The van der Waals surface area contributed by atoms with Crippen molar-refractivity contribution in [1.82, 2.24) is 5.32 Å². The molecular formula is C23H19NO3. The Morgan fingerprint density at radius 3 is 2.41 bits per heavy atom. The summed E-state index contributed by atoms with van der Waals surface area (Å²) < 4.78 is 10.4. The lowest BCUT2D eigenvalue weighted by Crippen LogP contribution is -2.26. The van der Waals surface area contributed by atoms with Crippen LogP contribution in [0.25, 0.3) is 11.1 Å². The van der Waals surface area contributed by atoms with Gasteiger partial charge in [0, 0.05) is 18.9 Å². The minimum atomic E-state index is -0.415. The number of furan rings is 1. The second-order valence-corrected chi connectivity index (χ2v) is 6.32. The third kappa shape index (κ3) is 3.73. The largest absolute Gasteiger partial charge is 0.471 e. The van der Waals surface area contributed by atoms with Crippen LogP contribution in [0.4, 0.5) is 4.79 Å². The molecule has 27 heavy (non-hydrogen) atoms. The van der Waals surface area contributed by atoms with Gasteiger partial charge in [-0.1, -0.05) is 60.4 Å². The number of alkyl carbamates (subject to hydrolysis) is 1. The molecule has 0 saturated carbocycles. The predicted octanol–water partition coefficient (Wildman–Crippen LogP) is 4.56. The van der Waals surface area contributed by atoms with E-state index in [1.54, 1.807) is 18.6 Å². The molecule has 3 aromatic rings. The fourth-order valence-corrected chi connectivity index (χ4v) is 3.38. The van der Waals surface area contributed by atoms with Gasteiger partial charge in [0.1, 0.15) is 12.9 Å². The second kappa shape index (κ2) is 7.84. The van der Waals surface area contributed by atoms with Gasteiger partial charge in [-0.25, -0.2) is 4.79 Å². The summed E-state index contributed by atoms with van der Waals surface area (Å²) in [6.07, 6.45) is 3.31. The van der Waals surface area contributed by atoms with Crippen molar-refractivity contribution in [2.75, 3.05) is 13.2 Å². The van der Waals surface area contributed by atoms with Crippen molar-refractivity contribution in [2.24, 2.45) is 0 Å². The first-order valence-corrected chi connectivity index (χ1v) is 8.93. The van der Waals surface area contributed by atoms with E-state index in [4.69, 9.17) is 9.15 Å². The van der Waals surface area contributed by atoms with Crippen molar-refractivity contribution in [1.29, 1.82) is 0 Å². The molecule has 0 radical (unpaired) electrons. The summed E-state index contributed by atoms with van der Waals surface area (Å²) >= 11 is 0. The standard InChI is InChI=1S/C23H19NO3/c25-23(24-13-6-5-7-17-12-14-26-15-17)27-16-22-20-10-3-1-8-18(20)19-9-2-4-11-21(19)22/h1-4,8-12,14-15,22H,6,13,16H2,(H,24,25). The summed E-state index contributed by atoms with van der Waals surface area (Å²) in [5.41, 5.74) is 5.68. The van der Waals surface area contributed by atoms with Crippen LogP contribution in [0.3, 0.4) is 0 Å². The highest BCUT2D eigenvalue weighted by Gasteiger charge is 2.28. The summed E-state index contributed by atoms with van der Waals surface area (Å²) in [6.45, 7) is 0.766. The Balaban J connectivity index is 1.31. The second-order valence-electron chi connectivity index (χ2n) is 6.32. The van der Waals surface area contributed by atoms with Crippen molar-refractivity contribution in [3.05, 3.63) is 83.8 Å². The highest BCUT2D eigenvalue weighted by atomic mass is 16.5. The molecule has 0 fully saturated rings. The number of hydrogen-bond acceptors (Lipinski definition) is 3. The Morgan fingerprint density at radius 1 is 1.04 bits per heavy atom. The SMILES string of the molecule is O=C(NCCC#Cc1ccoc1)OCC1c2ccccc2-c2ccccc21. The van der Waals surface area contributed by atoms with Crippen molar-refractivity contribution in [3.8, 4) is 23.0 Å². The maximum Gasteiger partial charge on any atom is 0.407 e. The van der Waals surface area contributed by atoms with E-state index in [9.17, 15) is 4.79 Å². The molecule has 2 aromatic carbocycles. The van der Waals surface area contributed by atoms with Crippen LogP contribution in [0.15, 0.2) is 71.5 Å². The average molecular weight is 357 g/mol. The fourth-order valence-electron chi connectivity index (χ4n) is 3.38. The Labute approximate surface area is 158 Å². The molecule has 1 aliphatic rings. The van der Waals surface area contributed by atoms with Crippen LogP contribution in [0, 0.1) is 11.8 Å². The first-order chi connectivity index (χ1) is 13.3. The molecule has 0 saturated heterocycles. The van der Waals surface area contributed by atoms with E-state index in [0.29, 0.717) is 19.6 Å². The lowest BCUT2D eigenvalue weighted by atomic mass is 9.98. The molecule has 1 aromatic heterocycles. The topological polar surface area (TPSA) is 51.5 Å². The number of hydrogen-bond donors (Lipinski definition) is 1. The van der Waals surface area contributed by atoms with E-state index in [0.717, 1.165) is 5.56 Å². The number of fused-ring (bicyclic) bond motifs is 3. The average Bonchev–Trinajstić information content (AvgIpc) is 3.32. The quantitative estimate of drug-likeness (QED) is 0.550. The van der Waals surface area contributed by atoms with Gasteiger partial charge in [-0.05, 0) is 28.3 Å². The summed E-state index contributed by atoms with van der Waals surface area (Å²) in [6, 6.07) is 18.4. The van der Waals surface area contributed by atoms with Crippen molar-refractivity contribution in [3.63, 3.8) is 0 Å². The Kier molecular flexibility index (Phi) is 4.93. The van der Waals surface area contributed by atoms with Crippen molar-refractivity contribution >= 4 is 6.09 Å². The van der Waals surface area contributed by atoms with Crippen LogP contribution in [0.5, 0.6) is 0 Å². The smallest absolute Gasteiger partial charge is 0.407 e. The molecule has 4 nitrogen and oxygen atoms in total. The molecule has 134 valence electrons. The number of ether oxygens (including phenoxy) is 1. The van der Waals surface area contributed by atoms with Gasteiger partial charge in [0.25, 0.3) is 0 Å². The maximum absolute atomic E-state index is 12.0. The highest BCUT2D eigenvalue weighted by molar-refractivity contribution is 5.79. The van der Waals surface area contributed by atoms with E-state index in [-0.39, 0.29) is 5.92 Å². The van der Waals surface area contributed by atoms with E-state index in [2.05, 4.69) is 41.4 Å². The normalized spacial score (nSPS) is 11.9. The minimum Gasteiger partial charge on any atom is -0.471 e. The van der Waals surface area contributed by atoms with Crippen molar-refractivity contribution in [2.45, 2.75) is 12.3 Å². The number of amides is 1. The summed E-state index contributed by atoms with van der Waals surface area (Å²) in [7, 11) is 0. The molecule has 1 N–H and O–H groups in total. The van der Waals surface area contributed by atoms with Gasteiger partial charge in [0.2, 0.25) is 0 Å². The Hall–Kier alpha value is -3.45. The van der Waals surface area contributed by atoms with E-state index < -0.39 is 6.09 Å². The monoisotopic (exact) mass is 357 g/mol. The van der Waals surface area contributed by atoms with Gasteiger partial charge >= 0.3 is 6.09 Å². The number of benzene rings is 2. The lowest BCUT2D eigenvalue weighted by molar-refractivity contribution is 0.143. The minimum absolute atomic E-state index is 0.0732. The fraction of sp³-hybridized carbons (Fsp3) is 0.174. The zero-order chi connectivity index (χ0) is 18.5. The Morgan fingerprint density at radius 2 is 1.74 bits per heavy atom. The van der Waals surface area contributed by atoms with Crippen molar-refractivity contribution < 1.29 is 13.9 Å². The van der Waals surface area contributed by atoms with Crippen LogP contribution in [0.2, 0.25) is 0 Å². The van der Waals surface area contributed by atoms with Gasteiger partial charge in [-0.15, -0.1) is 0 Å². The van der Waals surface area contributed by atoms with Gasteiger partial charge in [-0.2, -0.15) is 0 Å². The van der Waals surface area contributed by atoms with Crippen LogP contribution >= 0.6 is 0 Å². The van der Waals surface area contributed by atoms with Gasteiger partial charge < -0.3 is 14.5 Å². The molecule has 4 heteroatoms. The van der Waals surface area contributed by atoms with Crippen LogP contribution in [-0.2, 0) is 4.74 Å². The first kappa shape index (κ1) is 17.0. The van der Waals surface area contributed by atoms with Gasteiger partial charge in [-0.3, -0.25) is 0 Å². The Bertz CT molecular complexity index is 950. The summed E-state index contributed by atoms with van der Waals surface area (Å²) in [4.78, 5) is 12.0. The molecular weight excluding hydrogens is 338 g/mol. The molecule has 0 atom stereocenters. The zero-order valence-electron chi connectivity index (χ0n) is 14.8. The molecule has 1 heterocycles. The summed E-state index contributed by atoms with van der Waals surface area (Å²) in [5.74, 6) is 6.02. The number of nitrogens with one attached hydrogen (secondary N) is 1. The third-order valence-electron chi connectivity index (χ3n) is 4.62. The van der Waals surface area contributed by atoms with Crippen LogP contribution in [-0.4, -0.2) is 19.2 Å². The first-order valence-electron chi connectivity index (χ1n) is 8.93.